The van der Waals surface area contributed by atoms with E-state index in [1.54, 1.807) is 18.4 Å². The fourth-order valence-electron chi connectivity index (χ4n) is 2.54. The Hall–Kier alpha value is -1.96. The Balaban J connectivity index is 1.74. The molecular formula is C16H21N5OS. The first-order valence-corrected chi connectivity index (χ1v) is 8.39. The van der Waals surface area contributed by atoms with Crippen LogP contribution in [0.5, 0.6) is 0 Å². The zero-order valence-corrected chi connectivity index (χ0v) is 14.2. The standard InChI is InChI=1S/C16H21N5OS/c1-19-11-14(10-18-19)12-20(7-8-22-2)13-15-4-3-6-21(15)16-17-5-9-23-16/h3-6,9-11H,7-8,12-13H2,1-2H3. The topological polar surface area (TPSA) is 48.1 Å². The second-order valence-corrected chi connectivity index (χ2v) is 6.28. The maximum absolute atomic E-state index is 5.26. The molecule has 0 fully saturated rings. The summed E-state index contributed by atoms with van der Waals surface area (Å²) in [6.07, 6.45) is 7.87. The van der Waals surface area contributed by atoms with Gasteiger partial charge in [-0.3, -0.25) is 14.1 Å². The highest BCUT2D eigenvalue weighted by molar-refractivity contribution is 7.12. The van der Waals surface area contributed by atoms with Gasteiger partial charge < -0.3 is 4.74 Å². The van der Waals surface area contributed by atoms with E-state index in [-0.39, 0.29) is 0 Å². The number of aromatic nitrogens is 4. The molecule has 0 atom stereocenters. The van der Waals surface area contributed by atoms with E-state index in [1.807, 2.05) is 29.5 Å². The van der Waals surface area contributed by atoms with Crippen LogP contribution in [0, 0.1) is 0 Å². The lowest BCUT2D eigenvalue weighted by Gasteiger charge is -2.22. The minimum atomic E-state index is 0.707. The highest BCUT2D eigenvalue weighted by atomic mass is 32.1. The Labute approximate surface area is 139 Å². The predicted octanol–water partition coefficient (Wildman–Crippen LogP) is 2.32. The summed E-state index contributed by atoms with van der Waals surface area (Å²) in [6.45, 7) is 3.26. The predicted molar refractivity (Wildman–Crippen MR) is 90.6 cm³/mol. The van der Waals surface area contributed by atoms with Crippen LogP contribution in [0.2, 0.25) is 0 Å². The van der Waals surface area contributed by atoms with Gasteiger partial charge in [0.15, 0.2) is 5.13 Å². The average Bonchev–Trinajstić information content (AvgIpc) is 3.26. The van der Waals surface area contributed by atoms with Gasteiger partial charge in [-0.05, 0) is 12.1 Å². The quantitative estimate of drug-likeness (QED) is 0.635. The van der Waals surface area contributed by atoms with Crippen LogP contribution in [0.25, 0.3) is 5.13 Å². The van der Waals surface area contributed by atoms with Crippen LogP contribution >= 0.6 is 11.3 Å². The van der Waals surface area contributed by atoms with Crippen molar-refractivity contribution in [2.45, 2.75) is 13.1 Å². The summed E-state index contributed by atoms with van der Waals surface area (Å²) >= 11 is 1.64. The summed E-state index contributed by atoms with van der Waals surface area (Å²) in [5, 5.41) is 7.25. The molecule has 3 rings (SSSR count). The Morgan fingerprint density at radius 2 is 2.26 bits per heavy atom. The average molecular weight is 331 g/mol. The van der Waals surface area contributed by atoms with E-state index in [2.05, 4.69) is 44.1 Å². The monoisotopic (exact) mass is 331 g/mol. The van der Waals surface area contributed by atoms with E-state index in [1.165, 1.54) is 11.3 Å². The van der Waals surface area contributed by atoms with Crippen molar-refractivity contribution in [3.8, 4) is 5.13 Å². The second kappa shape index (κ2) is 7.54. The molecule has 3 aromatic rings. The SMILES string of the molecule is COCCN(Cc1cnn(C)c1)Cc1cccn1-c1nccs1. The number of methoxy groups -OCH3 is 1. The van der Waals surface area contributed by atoms with E-state index in [0.29, 0.717) is 6.61 Å². The lowest BCUT2D eigenvalue weighted by atomic mass is 10.3. The fourth-order valence-corrected chi connectivity index (χ4v) is 3.20. The zero-order chi connectivity index (χ0) is 16.1. The van der Waals surface area contributed by atoms with Crippen LogP contribution in [0.3, 0.4) is 0 Å². The van der Waals surface area contributed by atoms with Crippen LogP contribution in [0.1, 0.15) is 11.3 Å². The number of thiazole rings is 1. The molecule has 0 radical (unpaired) electrons. The fraction of sp³-hybridized carbons (Fsp3) is 0.375. The van der Waals surface area contributed by atoms with Gasteiger partial charge in [-0.25, -0.2) is 4.98 Å². The number of rotatable bonds is 8. The second-order valence-electron chi connectivity index (χ2n) is 5.41. The molecule has 7 heteroatoms. The third-order valence-electron chi connectivity index (χ3n) is 3.62. The summed E-state index contributed by atoms with van der Waals surface area (Å²) < 4.78 is 9.24. The van der Waals surface area contributed by atoms with Gasteiger partial charge in [0, 0.05) is 69.0 Å². The summed E-state index contributed by atoms with van der Waals surface area (Å²) in [6, 6.07) is 4.21. The van der Waals surface area contributed by atoms with Gasteiger partial charge in [0.2, 0.25) is 0 Å². The molecule has 0 amide bonds. The Morgan fingerprint density at radius 3 is 2.96 bits per heavy atom. The Kier molecular flexibility index (Phi) is 5.22. The van der Waals surface area contributed by atoms with Crippen molar-refractivity contribution < 1.29 is 4.74 Å². The van der Waals surface area contributed by atoms with E-state index in [9.17, 15) is 0 Å². The first-order chi connectivity index (χ1) is 11.3. The van der Waals surface area contributed by atoms with Crippen molar-refractivity contribution in [3.05, 3.63) is 53.6 Å². The van der Waals surface area contributed by atoms with Crippen LogP contribution < -0.4 is 0 Å². The number of hydrogen-bond donors (Lipinski definition) is 0. The summed E-state index contributed by atoms with van der Waals surface area (Å²) in [5.74, 6) is 0. The lowest BCUT2D eigenvalue weighted by molar-refractivity contribution is 0.139. The van der Waals surface area contributed by atoms with Crippen LogP contribution in [0.15, 0.2) is 42.3 Å². The van der Waals surface area contributed by atoms with E-state index >= 15 is 0 Å². The highest BCUT2D eigenvalue weighted by Gasteiger charge is 2.12. The molecule has 0 aliphatic heterocycles. The Bertz CT molecular complexity index is 719. The van der Waals surface area contributed by atoms with Crippen LogP contribution in [-0.4, -0.2) is 44.5 Å². The van der Waals surface area contributed by atoms with Gasteiger partial charge in [-0.1, -0.05) is 0 Å². The molecule has 6 nitrogen and oxygen atoms in total. The molecule has 0 aromatic carbocycles. The molecule has 0 bridgehead atoms. The molecule has 0 aliphatic carbocycles. The Morgan fingerprint density at radius 1 is 1.35 bits per heavy atom. The van der Waals surface area contributed by atoms with Crippen molar-refractivity contribution >= 4 is 11.3 Å². The summed E-state index contributed by atoms with van der Waals surface area (Å²) in [4.78, 5) is 6.76. The van der Waals surface area contributed by atoms with Gasteiger partial charge in [0.05, 0.1) is 12.8 Å². The van der Waals surface area contributed by atoms with Crippen molar-refractivity contribution in [3.63, 3.8) is 0 Å². The molecular weight excluding hydrogens is 310 g/mol. The molecule has 0 N–H and O–H groups in total. The number of nitrogens with zero attached hydrogens (tertiary/aromatic N) is 5. The lowest BCUT2D eigenvalue weighted by Crippen LogP contribution is -2.27. The minimum absolute atomic E-state index is 0.707. The highest BCUT2D eigenvalue weighted by Crippen LogP contribution is 2.17. The molecule has 0 aliphatic rings. The van der Waals surface area contributed by atoms with Crippen molar-refractivity contribution in [2.75, 3.05) is 20.3 Å². The van der Waals surface area contributed by atoms with Crippen LogP contribution in [0.4, 0.5) is 0 Å². The zero-order valence-electron chi connectivity index (χ0n) is 13.4. The maximum atomic E-state index is 5.26. The van der Waals surface area contributed by atoms with Gasteiger partial charge in [0.1, 0.15) is 0 Å². The first-order valence-electron chi connectivity index (χ1n) is 7.51. The molecule has 0 saturated heterocycles. The van der Waals surface area contributed by atoms with E-state index in [4.69, 9.17) is 4.74 Å². The van der Waals surface area contributed by atoms with Gasteiger partial charge in [-0.2, -0.15) is 5.10 Å². The van der Waals surface area contributed by atoms with Crippen molar-refractivity contribution in [1.29, 1.82) is 0 Å². The van der Waals surface area contributed by atoms with E-state index < -0.39 is 0 Å². The minimum Gasteiger partial charge on any atom is -0.383 e. The molecule has 0 unspecified atom stereocenters. The van der Waals surface area contributed by atoms with Gasteiger partial charge in [0.25, 0.3) is 0 Å². The molecule has 3 aromatic heterocycles. The normalized spacial score (nSPS) is 11.4. The summed E-state index contributed by atoms with van der Waals surface area (Å²) in [7, 11) is 3.68. The smallest absolute Gasteiger partial charge is 0.193 e. The maximum Gasteiger partial charge on any atom is 0.193 e. The van der Waals surface area contributed by atoms with Gasteiger partial charge in [-0.15, -0.1) is 11.3 Å². The van der Waals surface area contributed by atoms with Gasteiger partial charge >= 0.3 is 0 Å². The molecule has 3 heterocycles. The molecule has 122 valence electrons. The van der Waals surface area contributed by atoms with E-state index in [0.717, 1.165) is 24.8 Å². The molecule has 0 saturated carbocycles. The van der Waals surface area contributed by atoms with Crippen LogP contribution in [-0.2, 0) is 24.9 Å². The van der Waals surface area contributed by atoms with Crippen molar-refractivity contribution in [2.24, 2.45) is 7.05 Å². The molecule has 23 heavy (non-hydrogen) atoms. The van der Waals surface area contributed by atoms with Crippen molar-refractivity contribution in [1.82, 2.24) is 24.2 Å². The largest absolute Gasteiger partial charge is 0.383 e. The first kappa shape index (κ1) is 15.9. The molecule has 0 spiro atoms. The number of ether oxygens (including phenoxy) is 1. The third-order valence-corrected chi connectivity index (χ3v) is 4.39. The summed E-state index contributed by atoms with van der Waals surface area (Å²) in [5.41, 5.74) is 2.43. The third kappa shape index (κ3) is 4.07. The number of aryl methyl sites for hydroxylation is 1. The number of hydrogen-bond acceptors (Lipinski definition) is 5.